The standard InChI is InChI=1S/C15H23NO5/c1-18-8-9-21-11-15(17)16-7-6-12-4-5-13(19-2)14(10-12)20-3/h4-5,10H,6-9,11H2,1-3H3,(H,16,17). The molecule has 0 saturated heterocycles. The van der Waals surface area contributed by atoms with Gasteiger partial charge in [0.15, 0.2) is 11.5 Å². The van der Waals surface area contributed by atoms with Crippen LogP contribution in [0.2, 0.25) is 0 Å². The molecule has 0 saturated carbocycles. The van der Waals surface area contributed by atoms with E-state index in [0.717, 1.165) is 5.56 Å². The van der Waals surface area contributed by atoms with Gasteiger partial charge in [-0.3, -0.25) is 4.79 Å². The van der Waals surface area contributed by atoms with Crippen LogP contribution in [0, 0.1) is 0 Å². The molecule has 0 fully saturated rings. The summed E-state index contributed by atoms with van der Waals surface area (Å²) >= 11 is 0. The fraction of sp³-hybridized carbons (Fsp3) is 0.533. The Labute approximate surface area is 125 Å². The zero-order valence-corrected chi connectivity index (χ0v) is 12.8. The van der Waals surface area contributed by atoms with Crippen LogP contribution >= 0.6 is 0 Å². The molecule has 1 aromatic carbocycles. The molecule has 0 aromatic heterocycles. The number of carbonyl (C=O) groups is 1. The molecule has 0 aliphatic heterocycles. The summed E-state index contributed by atoms with van der Waals surface area (Å²) in [5.74, 6) is 1.24. The molecule has 6 nitrogen and oxygen atoms in total. The maximum atomic E-state index is 11.5. The number of nitrogens with one attached hydrogen (secondary N) is 1. The lowest BCUT2D eigenvalue weighted by Gasteiger charge is -2.10. The van der Waals surface area contributed by atoms with Crippen LogP contribution in [-0.4, -0.2) is 53.6 Å². The third kappa shape index (κ3) is 6.46. The number of rotatable bonds is 10. The second-order valence-corrected chi connectivity index (χ2v) is 4.33. The molecule has 118 valence electrons. The van der Waals surface area contributed by atoms with Crippen LogP contribution < -0.4 is 14.8 Å². The van der Waals surface area contributed by atoms with E-state index in [4.69, 9.17) is 18.9 Å². The average Bonchev–Trinajstić information content (AvgIpc) is 2.51. The largest absolute Gasteiger partial charge is 0.493 e. The van der Waals surface area contributed by atoms with Gasteiger partial charge in [0.25, 0.3) is 0 Å². The summed E-state index contributed by atoms with van der Waals surface area (Å²) in [5.41, 5.74) is 1.06. The lowest BCUT2D eigenvalue weighted by Crippen LogP contribution is -2.29. The van der Waals surface area contributed by atoms with Crippen molar-refractivity contribution in [2.24, 2.45) is 0 Å². The van der Waals surface area contributed by atoms with Gasteiger partial charge in [-0.05, 0) is 24.1 Å². The van der Waals surface area contributed by atoms with Crippen molar-refractivity contribution in [2.45, 2.75) is 6.42 Å². The molecular formula is C15H23NO5. The van der Waals surface area contributed by atoms with Gasteiger partial charge < -0.3 is 24.3 Å². The average molecular weight is 297 g/mol. The molecular weight excluding hydrogens is 274 g/mol. The number of hydrogen-bond acceptors (Lipinski definition) is 5. The van der Waals surface area contributed by atoms with Crippen LogP contribution in [0.4, 0.5) is 0 Å². The SMILES string of the molecule is COCCOCC(=O)NCCc1ccc(OC)c(OC)c1. The zero-order chi connectivity index (χ0) is 15.5. The predicted molar refractivity (Wildman–Crippen MR) is 79.0 cm³/mol. The number of ether oxygens (including phenoxy) is 4. The van der Waals surface area contributed by atoms with E-state index < -0.39 is 0 Å². The lowest BCUT2D eigenvalue weighted by atomic mass is 10.1. The van der Waals surface area contributed by atoms with Gasteiger partial charge in [0.05, 0.1) is 27.4 Å². The lowest BCUT2D eigenvalue weighted by molar-refractivity contribution is -0.126. The minimum absolute atomic E-state index is 0.0509. The van der Waals surface area contributed by atoms with Crippen molar-refractivity contribution in [2.75, 3.05) is 47.7 Å². The van der Waals surface area contributed by atoms with E-state index >= 15 is 0 Å². The molecule has 0 radical (unpaired) electrons. The Kier molecular flexibility index (Phi) is 8.23. The number of benzene rings is 1. The second-order valence-electron chi connectivity index (χ2n) is 4.33. The third-order valence-electron chi connectivity index (χ3n) is 2.85. The van der Waals surface area contributed by atoms with E-state index in [1.54, 1.807) is 21.3 Å². The Hall–Kier alpha value is -1.79. The summed E-state index contributed by atoms with van der Waals surface area (Å²) in [6.07, 6.45) is 0.712. The molecule has 0 spiro atoms. The van der Waals surface area contributed by atoms with E-state index in [1.165, 1.54) is 0 Å². The van der Waals surface area contributed by atoms with Gasteiger partial charge in [-0.25, -0.2) is 0 Å². The van der Waals surface area contributed by atoms with Gasteiger partial charge in [0.2, 0.25) is 5.91 Å². The highest BCUT2D eigenvalue weighted by molar-refractivity contribution is 5.77. The van der Waals surface area contributed by atoms with E-state index in [2.05, 4.69) is 5.32 Å². The fourth-order valence-electron chi connectivity index (χ4n) is 1.74. The van der Waals surface area contributed by atoms with Crippen molar-refractivity contribution in [1.29, 1.82) is 0 Å². The summed E-state index contributed by atoms with van der Waals surface area (Å²) in [6, 6.07) is 5.70. The molecule has 21 heavy (non-hydrogen) atoms. The Bertz CT molecular complexity index is 436. The molecule has 6 heteroatoms. The first kappa shape index (κ1) is 17.3. The molecule has 0 bridgehead atoms. The zero-order valence-electron chi connectivity index (χ0n) is 12.8. The topological polar surface area (TPSA) is 66.0 Å². The number of hydrogen-bond donors (Lipinski definition) is 1. The summed E-state index contributed by atoms with van der Waals surface area (Å²) in [5, 5.41) is 2.80. The molecule has 0 aliphatic rings. The van der Waals surface area contributed by atoms with Crippen LogP contribution in [0.15, 0.2) is 18.2 Å². The van der Waals surface area contributed by atoms with Crippen molar-refractivity contribution in [3.8, 4) is 11.5 Å². The van der Waals surface area contributed by atoms with E-state index in [0.29, 0.717) is 37.7 Å². The Morgan fingerprint density at radius 3 is 2.52 bits per heavy atom. The maximum absolute atomic E-state index is 11.5. The highest BCUT2D eigenvalue weighted by Crippen LogP contribution is 2.27. The molecule has 1 N–H and O–H groups in total. The Morgan fingerprint density at radius 2 is 1.86 bits per heavy atom. The number of methoxy groups -OCH3 is 3. The van der Waals surface area contributed by atoms with E-state index in [1.807, 2.05) is 18.2 Å². The van der Waals surface area contributed by atoms with Crippen LogP contribution in [0.3, 0.4) is 0 Å². The quantitative estimate of drug-likeness (QED) is 0.653. The first-order valence-electron chi connectivity index (χ1n) is 6.75. The molecule has 1 amide bonds. The first-order chi connectivity index (χ1) is 10.2. The summed E-state index contributed by atoms with van der Waals surface area (Å²) in [6.45, 7) is 1.50. The molecule has 1 aromatic rings. The van der Waals surface area contributed by atoms with Crippen LogP contribution in [0.25, 0.3) is 0 Å². The van der Waals surface area contributed by atoms with Gasteiger partial charge >= 0.3 is 0 Å². The smallest absolute Gasteiger partial charge is 0.246 e. The van der Waals surface area contributed by atoms with Gasteiger partial charge in [0, 0.05) is 13.7 Å². The third-order valence-corrected chi connectivity index (χ3v) is 2.85. The molecule has 0 atom stereocenters. The summed E-state index contributed by atoms with van der Waals surface area (Å²) in [4.78, 5) is 11.5. The fourth-order valence-corrected chi connectivity index (χ4v) is 1.74. The van der Waals surface area contributed by atoms with Crippen molar-refractivity contribution >= 4 is 5.91 Å². The summed E-state index contributed by atoms with van der Waals surface area (Å²) in [7, 11) is 4.79. The highest BCUT2D eigenvalue weighted by Gasteiger charge is 2.05. The normalized spacial score (nSPS) is 10.2. The van der Waals surface area contributed by atoms with Crippen LogP contribution in [-0.2, 0) is 20.7 Å². The Morgan fingerprint density at radius 1 is 1.10 bits per heavy atom. The Balaban J connectivity index is 2.30. The second kappa shape index (κ2) is 10.0. The van der Waals surface area contributed by atoms with Gasteiger partial charge in [-0.2, -0.15) is 0 Å². The van der Waals surface area contributed by atoms with Crippen molar-refractivity contribution in [3.63, 3.8) is 0 Å². The van der Waals surface area contributed by atoms with E-state index in [-0.39, 0.29) is 12.5 Å². The molecule has 0 unspecified atom stereocenters. The highest BCUT2D eigenvalue weighted by atomic mass is 16.5. The summed E-state index contributed by atoms with van der Waals surface area (Å²) < 4.78 is 20.4. The van der Waals surface area contributed by atoms with Gasteiger partial charge in [-0.15, -0.1) is 0 Å². The van der Waals surface area contributed by atoms with E-state index in [9.17, 15) is 4.79 Å². The number of carbonyl (C=O) groups excluding carboxylic acids is 1. The monoisotopic (exact) mass is 297 g/mol. The van der Waals surface area contributed by atoms with Crippen molar-refractivity contribution in [1.82, 2.24) is 5.32 Å². The molecule has 1 rings (SSSR count). The van der Waals surface area contributed by atoms with Gasteiger partial charge in [0.1, 0.15) is 6.61 Å². The van der Waals surface area contributed by atoms with Crippen molar-refractivity contribution in [3.05, 3.63) is 23.8 Å². The van der Waals surface area contributed by atoms with Crippen LogP contribution in [0.5, 0.6) is 11.5 Å². The minimum atomic E-state index is -0.133. The first-order valence-corrected chi connectivity index (χ1v) is 6.75. The van der Waals surface area contributed by atoms with Gasteiger partial charge in [-0.1, -0.05) is 6.07 Å². The van der Waals surface area contributed by atoms with Crippen LogP contribution in [0.1, 0.15) is 5.56 Å². The molecule has 0 aliphatic carbocycles. The predicted octanol–water partition coefficient (Wildman–Crippen LogP) is 1.03. The van der Waals surface area contributed by atoms with Crippen molar-refractivity contribution < 1.29 is 23.7 Å². The molecule has 0 heterocycles. The maximum Gasteiger partial charge on any atom is 0.246 e. The minimum Gasteiger partial charge on any atom is -0.493 e. The number of amides is 1.